The number of nitrogens with two attached hydrogens (primary N) is 3. The molecule has 0 heterocycles. The van der Waals surface area contributed by atoms with E-state index >= 15 is 0 Å². The van der Waals surface area contributed by atoms with E-state index in [9.17, 15) is 24.3 Å². The Morgan fingerprint density at radius 3 is 1.79 bits per heavy atom. The van der Waals surface area contributed by atoms with Gasteiger partial charge >= 0.3 is 5.97 Å². The van der Waals surface area contributed by atoms with Crippen LogP contribution in [0.3, 0.4) is 0 Å². The molecule has 0 aliphatic rings. The number of aliphatic carboxylic acids is 1. The second-order valence-corrected chi connectivity index (χ2v) is 10.0. The summed E-state index contributed by atoms with van der Waals surface area (Å²) in [6.07, 6.45) is 3.50. The quantitative estimate of drug-likeness (QED) is 0.123. The van der Waals surface area contributed by atoms with Gasteiger partial charge in [0, 0.05) is 6.42 Å². The average molecular weight is 535 g/mol. The number of benzene rings is 1. The second kappa shape index (κ2) is 18.3. The zero-order valence-corrected chi connectivity index (χ0v) is 22.7. The van der Waals surface area contributed by atoms with E-state index in [1.165, 1.54) is 0 Å². The number of carboxylic acid groups (broad SMARTS) is 1. The molecule has 0 bridgehead atoms. The van der Waals surface area contributed by atoms with Crippen molar-refractivity contribution >= 4 is 23.7 Å². The molecular weight excluding hydrogens is 488 g/mol. The number of carboxylic acids is 1. The largest absolute Gasteiger partial charge is 0.480 e. The van der Waals surface area contributed by atoms with E-state index in [1.54, 1.807) is 0 Å². The van der Waals surface area contributed by atoms with Gasteiger partial charge in [-0.05, 0) is 69.5 Å². The molecule has 0 radical (unpaired) electrons. The van der Waals surface area contributed by atoms with Crippen molar-refractivity contribution < 1.29 is 24.3 Å². The molecule has 0 aliphatic carbocycles. The number of rotatable bonds is 19. The van der Waals surface area contributed by atoms with Crippen molar-refractivity contribution in [1.29, 1.82) is 0 Å². The first-order chi connectivity index (χ1) is 18.1. The number of amides is 3. The van der Waals surface area contributed by atoms with Gasteiger partial charge in [-0.1, -0.05) is 44.2 Å². The van der Waals surface area contributed by atoms with E-state index < -0.39 is 47.9 Å². The Morgan fingerprint density at radius 1 is 0.763 bits per heavy atom. The number of hydrogen-bond donors (Lipinski definition) is 7. The minimum atomic E-state index is -1.16. The summed E-state index contributed by atoms with van der Waals surface area (Å²) in [5.41, 5.74) is 18.0. The summed E-state index contributed by atoms with van der Waals surface area (Å²) in [6, 6.07) is 5.33. The van der Waals surface area contributed by atoms with E-state index in [1.807, 2.05) is 44.2 Å². The van der Waals surface area contributed by atoms with E-state index in [-0.39, 0.29) is 25.2 Å². The van der Waals surface area contributed by atoms with E-state index in [2.05, 4.69) is 16.0 Å². The normalized spacial score (nSPS) is 14.3. The van der Waals surface area contributed by atoms with Crippen molar-refractivity contribution in [3.8, 4) is 0 Å². The van der Waals surface area contributed by atoms with Crippen molar-refractivity contribution in [2.24, 2.45) is 23.1 Å². The highest BCUT2D eigenvalue weighted by molar-refractivity contribution is 5.94. The first-order valence-electron chi connectivity index (χ1n) is 13.4. The number of unbranched alkanes of at least 4 members (excludes halogenated alkanes) is 2. The fourth-order valence-electron chi connectivity index (χ4n) is 4.01. The van der Waals surface area contributed by atoms with Gasteiger partial charge in [-0.2, -0.15) is 0 Å². The molecule has 0 aromatic heterocycles. The number of carbonyl (C=O) groups excluding carboxylic acids is 3. The summed E-state index contributed by atoms with van der Waals surface area (Å²) in [5.74, 6) is -2.57. The highest BCUT2D eigenvalue weighted by atomic mass is 16.4. The SMILES string of the molecule is CC(C)CC(N)C(=O)NC(Cc1ccccc1)C(=O)NC(CCCCN)C(=O)NC(CCCCN)C(=O)O. The summed E-state index contributed by atoms with van der Waals surface area (Å²) in [7, 11) is 0. The monoisotopic (exact) mass is 534 g/mol. The van der Waals surface area contributed by atoms with Gasteiger partial charge in [-0.3, -0.25) is 14.4 Å². The molecule has 0 saturated carbocycles. The minimum absolute atomic E-state index is 0.194. The van der Waals surface area contributed by atoms with Crippen molar-refractivity contribution in [2.75, 3.05) is 13.1 Å². The summed E-state index contributed by atoms with van der Waals surface area (Å²) in [6.45, 7) is 4.74. The Kier molecular flexibility index (Phi) is 15.9. The van der Waals surface area contributed by atoms with Crippen LogP contribution in [-0.2, 0) is 25.6 Å². The summed E-state index contributed by atoms with van der Waals surface area (Å²) >= 11 is 0. The Bertz CT molecular complexity index is 867. The Morgan fingerprint density at radius 2 is 1.26 bits per heavy atom. The third kappa shape index (κ3) is 13.0. The van der Waals surface area contributed by atoms with E-state index in [0.29, 0.717) is 45.2 Å². The fraction of sp³-hybridized carbons (Fsp3) is 0.630. The molecule has 4 atom stereocenters. The second-order valence-electron chi connectivity index (χ2n) is 10.0. The van der Waals surface area contributed by atoms with Crippen LogP contribution in [-0.4, -0.2) is 66.1 Å². The predicted molar refractivity (Wildman–Crippen MR) is 147 cm³/mol. The predicted octanol–water partition coefficient (Wildman–Crippen LogP) is 0.400. The lowest BCUT2D eigenvalue weighted by Gasteiger charge is -2.25. The fourth-order valence-corrected chi connectivity index (χ4v) is 4.01. The lowest BCUT2D eigenvalue weighted by molar-refractivity contribution is -0.142. The minimum Gasteiger partial charge on any atom is -0.480 e. The van der Waals surface area contributed by atoms with Gasteiger partial charge in [0.2, 0.25) is 17.7 Å². The van der Waals surface area contributed by atoms with Crippen LogP contribution in [0.25, 0.3) is 0 Å². The zero-order chi connectivity index (χ0) is 28.5. The molecular formula is C27H46N6O5. The van der Waals surface area contributed by atoms with Crippen molar-refractivity contribution in [1.82, 2.24) is 16.0 Å². The van der Waals surface area contributed by atoms with Gasteiger partial charge in [0.15, 0.2) is 0 Å². The molecule has 0 aliphatic heterocycles. The molecule has 10 N–H and O–H groups in total. The molecule has 1 aromatic carbocycles. The molecule has 214 valence electrons. The van der Waals surface area contributed by atoms with Crippen LogP contribution in [0.2, 0.25) is 0 Å². The number of hydrogen-bond acceptors (Lipinski definition) is 7. The van der Waals surface area contributed by atoms with Crippen LogP contribution in [0, 0.1) is 5.92 Å². The third-order valence-electron chi connectivity index (χ3n) is 6.12. The van der Waals surface area contributed by atoms with Gasteiger partial charge < -0.3 is 38.3 Å². The molecule has 1 aromatic rings. The molecule has 4 unspecified atom stereocenters. The van der Waals surface area contributed by atoms with Crippen molar-refractivity contribution in [3.63, 3.8) is 0 Å². The summed E-state index contributed by atoms with van der Waals surface area (Å²) in [5, 5.41) is 17.6. The lowest BCUT2D eigenvalue weighted by Crippen LogP contribution is -2.57. The topological polar surface area (TPSA) is 203 Å². The van der Waals surface area contributed by atoms with Crippen molar-refractivity contribution in [3.05, 3.63) is 35.9 Å². The molecule has 11 heteroatoms. The highest BCUT2D eigenvalue weighted by Crippen LogP contribution is 2.09. The third-order valence-corrected chi connectivity index (χ3v) is 6.12. The van der Waals surface area contributed by atoms with Crippen LogP contribution in [0.5, 0.6) is 0 Å². The van der Waals surface area contributed by atoms with Gasteiger partial charge in [0.05, 0.1) is 6.04 Å². The maximum atomic E-state index is 13.4. The van der Waals surface area contributed by atoms with Crippen LogP contribution in [0.4, 0.5) is 0 Å². The maximum Gasteiger partial charge on any atom is 0.326 e. The Hall–Kier alpha value is -3.02. The van der Waals surface area contributed by atoms with Crippen LogP contribution in [0.15, 0.2) is 30.3 Å². The average Bonchev–Trinajstić information content (AvgIpc) is 2.87. The van der Waals surface area contributed by atoms with Crippen LogP contribution >= 0.6 is 0 Å². The molecule has 0 saturated heterocycles. The van der Waals surface area contributed by atoms with Crippen LogP contribution < -0.4 is 33.2 Å². The first-order valence-corrected chi connectivity index (χ1v) is 13.4. The smallest absolute Gasteiger partial charge is 0.326 e. The Balaban J connectivity index is 3.07. The van der Waals surface area contributed by atoms with Crippen molar-refractivity contribution in [2.45, 2.75) is 89.4 Å². The van der Waals surface area contributed by atoms with E-state index in [4.69, 9.17) is 17.2 Å². The number of carbonyl (C=O) groups is 4. The zero-order valence-electron chi connectivity index (χ0n) is 22.7. The van der Waals surface area contributed by atoms with Gasteiger partial charge in [-0.25, -0.2) is 4.79 Å². The molecule has 0 spiro atoms. The van der Waals surface area contributed by atoms with Crippen LogP contribution in [0.1, 0.15) is 64.4 Å². The van der Waals surface area contributed by atoms with E-state index in [0.717, 1.165) is 5.56 Å². The molecule has 0 fully saturated rings. The summed E-state index contributed by atoms with van der Waals surface area (Å²) < 4.78 is 0. The van der Waals surface area contributed by atoms with Gasteiger partial charge in [0.25, 0.3) is 0 Å². The molecule has 1 rings (SSSR count). The summed E-state index contributed by atoms with van der Waals surface area (Å²) in [4.78, 5) is 51.0. The standard InChI is InChI=1S/C27H46N6O5/c1-18(2)16-20(30)24(34)33-23(17-19-10-4-3-5-11-19)26(36)31-21(12-6-8-14-28)25(35)32-22(27(37)38)13-7-9-15-29/h3-5,10-11,18,20-23H,6-9,12-17,28-30H2,1-2H3,(H,31,36)(H,32,35)(H,33,34)(H,37,38). The highest BCUT2D eigenvalue weighted by Gasteiger charge is 2.30. The first kappa shape index (κ1) is 33.0. The Labute approximate surface area is 225 Å². The number of nitrogens with one attached hydrogen (secondary N) is 3. The molecule has 38 heavy (non-hydrogen) atoms. The van der Waals surface area contributed by atoms with Gasteiger partial charge in [0.1, 0.15) is 18.1 Å². The van der Waals surface area contributed by atoms with Gasteiger partial charge in [-0.15, -0.1) is 0 Å². The molecule has 11 nitrogen and oxygen atoms in total. The maximum absolute atomic E-state index is 13.4. The lowest BCUT2D eigenvalue weighted by atomic mass is 10.0. The molecule has 3 amide bonds.